The van der Waals surface area contributed by atoms with Crippen LogP contribution in [0, 0.1) is 0 Å². The third-order valence-electron chi connectivity index (χ3n) is 2.86. The zero-order chi connectivity index (χ0) is 12.7. The van der Waals surface area contributed by atoms with Gasteiger partial charge in [-0.2, -0.15) is 0 Å². The molecule has 0 bridgehead atoms. The maximum absolute atomic E-state index is 10.7. The number of fused-ring (bicyclic) bond motifs is 1. The van der Waals surface area contributed by atoms with Crippen LogP contribution < -0.4 is 0 Å². The second kappa shape index (κ2) is 4.59. The molecule has 3 rings (SSSR count). The molecular formula is C12H11BrN2O2S. The number of halogens is 1. The molecule has 0 amide bonds. The highest BCUT2D eigenvalue weighted by molar-refractivity contribution is 9.10. The number of carbonyl (C=O) groups is 1. The molecule has 1 aliphatic rings. The van der Waals surface area contributed by atoms with Gasteiger partial charge in [-0.3, -0.25) is 4.79 Å². The number of rotatable bonds is 4. The smallest absolute Gasteiger partial charge is 0.313 e. The molecule has 0 spiro atoms. The quantitative estimate of drug-likeness (QED) is 0.876. The van der Waals surface area contributed by atoms with Gasteiger partial charge in [-0.1, -0.05) is 27.7 Å². The van der Waals surface area contributed by atoms with E-state index in [9.17, 15) is 4.79 Å². The molecule has 1 aromatic carbocycles. The van der Waals surface area contributed by atoms with Crippen molar-refractivity contribution in [3.05, 3.63) is 22.7 Å². The predicted molar refractivity (Wildman–Crippen MR) is 74.1 cm³/mol. The summed E-state index contributed by atoms with van der Waals surface area (Å²) in [5.41, 5.74) is 2.01. The number of benzene rings is 1. The summed E-state index contributed by atoms with van der Waals surface area (Å²) in [6.07, 6.45) is 2.31. The molecule has 4 nitrogen and oxygen atoms in total. The summed E-state index contributed by atoms with van der Waals surface area (Å²) in [5, 5.41) is 9.59. The van der Waals surface area contributed by atoms with E-state index in [0.29, 0.717) is 6.04 Å². The number of carboxylic acid groups (broad SMARTS) is 1. The van der Waals surface area contributed by atoms with Gasteiger partial charge in [0, 0.05) is 10.5 Å². The molecule has 18 heavy (non-hydrogen) atoms. The van der Waals surface area contributed by atoms with Crippen molar-refractivity contribution in [2.75, 3.05) is 5.75 Å². The van der Waals surface area contributed by atoms with Crippen molar-refractivity contribution in [3.63, 3.8) is 0 Å². The number of hydrogen-bond donors (Lipinski definition) is 1. The van der Waals surface area contributed by atoms with Crippen molar-refractivity contribution in [2.24, 2.45) is 0 Å². The Labute approximate surface area is 117 Å². The molecule has 1 saturated carbocycles. The van der Waals surface area contributed by atoms with Crippen molar-refractivity contribution < 1.29 is 9.90 Å². The highest BCUT2D eigenvalue weighted by Crippen LogP contribution is 2.41. The van der Waals surface area contributed by atoms with Gasteiger partial charge in [0.1, 0.15) is 0 Å². The summed E-state index contributed by atoms with van der Waals surface area (Å²) >= 11 is 4.72. The molecule has 1 N–H and O–H groups in total. The Balaban J connectivity index is 2.05. The fraction of sp³-hybridized carbons (Fsp3) is 0.333. The van der Waals surface area contributed by atoms with Crippen LogP contribution in [0.4, 0.5) is 0 Å². The van der Waals surface area contributed by atoms with Gasteiger partial charge in [-0.25, -0.2) is 4.98 Å². The zero-order valence-electron chi connectivity index (χ0n) is 9.47. The van der Waals surface area contributed by atoms with Crippen molar-refractivity contribution in [1.29, 1.82) is 0 Å². The minimum absolute atomic E-state index is 0.0528. The Hall–Kier alpha value is -1.01. The van der Waals surface area contributed by atoms with E-state index in [-0.39, 0.29) is 5.75 Å². The van der Waals surface area contributed by atoms with E-state index in [2.05, 4.69) is 25.5 Å². The Kier molecular flexibility index (Phi) is 3.07. The van der Waals surface area contributed by atoms with E-state index in [1.165, 1.54) is 11.8 Å². The molecular weight excluding hydrogens is 316 g/mol. The standard InChI is InChI=1S/C12H11BrN2O2S/c13-7-1-4-10-9(5-7)14-12(18-6-11(16)17)15(10)8-2-3-8/h1,4-5,8H,2-3,6H2,(H,16,17). The third-order valence-corrected chi connectivity index (χ3v) is 4.29. The summed E-state index contributed by atoms with van der Waals surface area (Å²) in [5.74, 6) is -0.757. The molecule has 6 heteroatoms. The number of aliphatic carboxylic acids is 1. The van der Waals surface area contributed by atoms with Gasteiger partial charge < -0.3 is 9.67 Å². The monoisotopic (exact) mass is 326 g/mol. The molecule has 1 heterocycles. The first kappa shape index (κ1) is 12.0. The maximum atomic E-state index is 10.7. The lowest BCUT2D eigenvalue weighted by atomic mass is 10.3. The van der Waals surface area contributed by atoms with Gasteiger partial charge in [0.15, 0.2) is 5.16 Å². The van der Waals surface area contributed by atoms with Gasteiger partial charge in [0.2, 0.25) is 0 Å². The average molecular weight is 327 g/mol. The number of nitrogens with zero attached hydrogens (tertiary/aromatic N) is 2. The molecule has 0 aliphatic heterocycles. The second-order valence-electron chi connectivity index (χ2n) is 4.31. The van der Waals surface area contributed by atoms with Gasteiger partial charge >= 0.3 is 5.97 Å². The van der Waals surface area contributed by atoms with Crippen LogP contribution in [0.3, 0.4) is 0 Å². The topological polar surface area (TPSA) is 55.1 Å². The molecule has 1 aliphatic carbocycles. The van der Waals surface area contributed by atoms with Crippen molar-refractivity contribution in [1.82, 2.24) is 9.55 Å². The van der Waals surface area contributed by atoms with Crippen LogP contribution in [0.15, 0.2) is 27.8 Å². The van der Waals surface area contributed by atoms with Gasteiger partial charge in [-0.05, 0) is 31.0 Å². The third kappa shape index (κ3) is 2.27. The van der Waals surface area contributed by atoms with E-state index in [4.69, 9.17) is 5.11 Å². The minimum atomic E-state index is -0.810. The normalized spacial score (nSPS) is 15.2. The maximum Gasteiger partial charge on any atom is 0.313 e. The Morgan fingerprint density at radius 2 is 2.33 bits per heavy atom. The molecule has 0 unspecified atom stereocenters. The van der Waals surface area contributed by atoms with Crippen molar-refractivity contribution in [2.45, 2.75) is 24.0 Å². The van der Waals surface area contributed by atoms with Crippen molar-refractivity contribution in [3.8, 4) is 0 Å². The van der Waals surface area contributed by atoms with Crippen LogP contribution in [-0.2, 0) is 4.79 Å². The van der Waals surface area contributed by atoms with Crippen LogP contribution in [0.5, 0.6) is 0 Å². The lowest BCUT2D eigenvalue weighted by Gasteiger charge is -2.05. The summed E-state index contributed by atoms with van der Waals surface area (Å²) in [6.45, 7) is 0. The first-order chi connectivity index (χ1) is 8.65. The number of carboxylic acids is 1. The summed E-state index contributed by atoms with van der Waals surface area (Å²) in [4.78, 5) is 15.2. The average Bonchev–Trinajstić information content (AvgIpc) is 3.08. The molecule has 1 fully saturated rings. The molecule has 0 atom stereocenters. The zero-order valence-corrected chi connectivity index (χ0v) is 11.9. The lowest BCUT2D eigenvalue weighted by Crippen LogP contribution is -2.01. The Morgan fingerprint density at radius 1 is 1.56 bits per heavy atom. The summed E-state index contributed by atoms with van der Waals surface area (Å²) < 4.78 is 3.17. The van der Waals surface area contributed by atoms with E-state index in [1.54, 1.807) is 0 Å². The fourth-order valence-electron chi connectivity index (χ4n) is 1.96. The van der Waals surface area contributed by atoms with Crippen LogP contribution in [0.25, 0.3) is 11.0 Å². The van der Waals surface area contributed by atoms with Crippen LogP contribution in [-0.4, -0.2) is 26.4 Å². The highest BCUT2D eigenvalue weighted by Gasteiger charge is 2.28. The number of aromatic nitrogens is 2. The Morgan fingerprint density at radius 3 is 3.00 bits per heavy atom. The first-order valence-electron chi connectivity index (χ1n) is 5.67. The van der Waals surface area contributed by atoms with E-state index >= 15 is 0 Å². The fourth-order valence-corrected chi connectivity index (χ4v) is 3.11. The predicted octanol–water partition coefficient (Wildman–Crippen LogP) is 3.31. The SMILES string of the molecule is O=C(O)CSc1nc2cc(Br)ccc2n1C1CC1. The van der Waals surface area contributed by atoms with Gasteiger partial charge in [-0.15, -0.1) is 0 Å². The van der Waals surface area contributed by atoms with E-state index < -0.39 is 5.97 Å². The van der Waals surface area contributed by atoms with Gasteiger partial charge in [0.05, 0.1) is 16.8 Å². The number of hydrogen-bond acceptors (Lipinski definition) is 3. The Bertz CT molecular complexity index is 622. The minimum Gasteiger partial charge on any atom is -0.481 e. The first-order valence-corrected chi connectivity index (χ1v) is 7.45. The summed E-state index contributed by atoms with van der Waals surface area (Å²) in [6, 6.07) is 6.50. The van der Waals surface area contributed by atoms with E-state index in [1.807, 2.05) is 18.2 Å². The molecule has 0 saturated heterocycles. The van der Waals surface area contributed by atoms with Crippen LogP contribution >= 0.6 is 27.7 Å². The highest BCUT2D eigenvalue weighted by atomic mass is 79.9. The van der Waals surface area contributed by atoms with Gasteiger partial charge in [0.25, 0.3) is 0 Å². The molecule has 94 valence electrons. The molecule has 2 aromatic rings. The second-order valence-corrected chi connectivity index (χ2v) is 6.17. The largest absolute Gasteiger partial charge is 0.481 e. The van der Waals surface area contributed by atoms with Crippen LogP contribution in [0.2, 0.25) is 0 Å². The summed E-state index contributed by atoms with van der Waals surface area (Å²) in [7, 11) is 0. The molecule has 0 radical (unpaired) electrons. The number of thioether (sulfide) groups is 1. The van der Waals surface area contributed by atoms with Crippen LogP contribution in [0.1, 0.15) is 18.9 Å². The van der Waals surface area contributed by atoms with E-state index in [0.717, 1.165) is 33.5 Å². The van der Waals surface area contributed by atoms with Crippen molar-refractivity contribution >= 4 is 44.7 Å². The molecule has 1 aromatic heterocycles. The lowest BCUT2D eigenvalue weighted by molar-refractivity contribution is -0.133. The number of imidazole rings is 1.